The third-order valence-electron chi connectivity index (χ3n) is 4.30. The van der Waals surface area contributed by atoms with E-state index in [1.54, 1.807) is 0 Å². The Balaban J connectivity index is 1.66. The van der Waals surface area contributed by atoms with Crippen molar-refractivity contribution in [1.82, 2.24) is 9.88 Å². The molecule has 2 heterocycles. The first-order valence-corrected chi connectivity index (χ1v) is 9.05. The van der Waals surface area contributed by atoms with Crippen molar-refractivity contribution in [3.8, 4) is 0 Å². The molecule has 2 N–H and O–H groups in total. The quantitative estimate of drug-likeness (QED) is 0.936. The van der Waals surface area contributed by atoms with Gasteiger partial charge in [-0.15, -0.1) is 11.3 Å². The van der Waals surface area contributed by atoms with Gasteiger partial charge in [-0.2, -0.15) is 0 Å². The summed E-state index contributed by atoms with van der Waals surface area (Å²) in [6.07, 6.45) is 3.02. The summed E-state index contributed by atoms with van der Waals surface area (Å²) >= 11 is 1.49. The van der Waals surface area contributed by atoms with E-state index in [1.165, 1.54) is 23.3 Å². The van der Waals surface area contributed by atoms with E-state index in [0.29, 0.717) is 11.6 Å². The highest BCUT2D eigenvalue weighted by molar-refractivity contribution is 7.09. The fourth-order valence-electron chi connectivity index (χ4n) is 3.05. The summed E-state index contributed by atoms with van der Waals surface area (Å²) in [7, 11) is 0. The predicted molar refractivity (Wildman–Crippen MR) is 93.5 cm³/mol. The number of hydrogen-bond donors (Lipinski definition) is 1. The minimum atomic E-state index is -0.163. The van der Waals surface area contributed by atoms with Gasteiger partial charge in [-0.25, -0.2) is 4.98 Å². The monoisotopic (exact) mass is 329 g/mol. The summed E-state index contributed by atoms with van der Waals surface area (Å²) in [6, 6.07) is 9.98. The van der Waals surface area contributed by atoms with Crippen LogP contribution in [0, 0.1) is 5.92 Å². The van der Waals surface area contributed by atoms with Crippen LogP contribution in [0.5, 0.6) is 0 Å². The highest BCUT2D eigenvalue weighted by atomic mass is 32.1. The van der Waals surface area contributed by atoms with Gasteiger partial charge in [0, 0.05) is 18.5 Å². The molecule has 0 saturated carbocycles. The molecular weight excluding hydrogens is 306 g/mol. The number of amides is 1. The molecule has 23 heavy (non-hydrogen) atoms. The van der Waals surface area contributed by atoms with Gasteiger partial charge >= 0.3 is 0 Å². The Bertz CT molecular complexity index is 655. The van der Waals surface area contributed by atoms with Crippen LogP contribution in [0.25, 0.3) is 0 Å². The molecule has 5 heteroatoms. The van der Waals surface area contributed by atoms with Gasteiger partial charge in [-0.1, -0.05) is 37.3 Å². The molecule has 1 aliphatic rings. The van der Waals surface area contributed by atoms with E-state index in [1.807, 2.05) is 28.5 Å². The summed E-state index contributed by atoms with van der Waals surface area (Å²) < 4.78 is 0. The van der Waals surface area contributed by atoms with E-state index in [2.05, 4.69) is 24.0 Å². The smallest absolute Gasteiger partial charge is 0.273 e. The van der Waals surface area contributed by atoms with Gasteiger partial charge in [0.15, 0.2) is 0 Å². The van der Waals surface area contributed by atoms with E-state index in [4.69, 9.17) is 5.73 Å². The van der Waals surface area contributed by atoms with E-state index >= 15 is 0 Å². The Morgan fingerprint density at radius 3 is 2.96 bits per heavy atom. The van der Waals surface area contributed by atoms with Crippen LogP contribution in [0.3, 0.4) is 0 Å². The van der Waals surface area contributed by atoms with Crippen molar-refractivity contribution in [3.63, 3.8) is 0 Å². The molecule has 1 fully saturated rings. The number of likely N-dealkylation sites (tertiary alicyclic amines) is 1. The Kier molecular flexibility index (Phi) is 5.08. The van der Waals surface area contributed by atoms with E-state index in [9.17, 15) is 4.79 Å². The molecule has 1 saturated heterocycles. The summed E-state index contributed by atoms with van der Waals surface area (Å²) in [5, 5.41) is 2.68. The molecule has 3 rings (SSSR count). The maximum Gasteiger partial charge on any atom is 0.273 e. The Morgan fingerprint density at radius 1 is 1.43 bits per heavy atom. The van der Waals surface area contributed by atoms with Crippen molar-refractivity contribution < 1.29 is 4.79 Å². The zero-order valence-electron chi connectivity index (χ0n) is 13.4. The molecule has 0 spiro atoms. The first kappa shape index (κ1) is 16.1. The van der Waals surface area contributed by atoms with Crippen molar-refractivity contribution in [2.75, 3.05) is 13.1 Å². The highest BCUT2D eigenvalue weighted by Crippen LogP contribution is 2.23. The first-order chi connectivity index (χ1) is 11.1. The van der Waals surface area contributed by atoms with Crippen molar-refractivity contribution in [3.05, 3.63) is 52.0 Å². The topological polar surface area (TPSA) is 59.2 Å². The van der Waals surface area contributed by atoms with E-state index < -0.39 is 0 Å². The van der Waals surface area contributed by atoms with E-state index in [0.717, 1.165) is 30.9 Å². The van der Waals surface area contributed by atoms with Gasteiger partial charge in [0.25, 0.3) is 5.91 Å². The van der Waals surface area contributed by atoms with Crippen LogP contribution in [0.15, 0.2) is 35.7 Å². The SMILES string of the molecule is CC1CCCN(C(=O)c2csc(C(N)Cc3ccccc3)n2)C1. The maximum absolute atomic E-state index is 12.6. The Morgan fingerprint density at radius 2 is 2.22 bits per heavy atom. The highest BCUT2D eigenvalue weighted by Gasteiger charge is 2.24. The minimum Gasteiger partial charge on any atom is -0.337 e. The average molecular weight is 329 g/mol. The van der Waals surface area contributed by atoms with Crippen LogP contribution in [-0.4, -0.2) is 28.9 Å². The molecule has 2 aromatic rings. The number of carbonyl (C=O) groups is 1. The molecule has 0 aliphatic carbocycles. The number of nitrogens with zero attached hydrogens (tertiary/aromatic N) is 2. The number of piperidine rings is 1. The average Bonchev–Trinajstić information content (AvgIpc) is 3.05. The minimum absolute atomic E-state index is 0.0472. The zero-order valence-corrected chi connectivity index (χ0v) is 14.3. The lowest BCUT2D eigenvalue weighted by molar-refractivity contribution is 0.0677. The predicted octanol–water partition coefficient (Wildman–Crippen LogP) is 3.26. The molecule has 1 aromatic heterocycles. The molecule has 0 radical (unpaired) electrons. The van der Waals surface area contributed by atoms with Crippen molar-refractivity contribution in [2.24, 2.45) is 11.7 Å². The van der Waals surface area contributed by atoms with E-state index in [-0.39, 0.29) is 11.9 Å². The van der Waals surface area contributed by atoms with Crippen LogP contribution >= 0.6 is 11.3 Å². The van der Waals surface area contributed by atoms with Gasteiger partial charge in [-0.05, 0) is 30.7 Å². The summed E-state index contributed by atoms with van der Waals surface area (Å²) in [5.74, 6) is 0.622. The lowest BCUT2D eigenvalue weighted by atomic mass is 10.0. The number of nitrogens with two attached hydrogens (primary N) is 1. The normalized spacial score (nSPS) is 19.6. The Labute approximate surface area is 141 Å². The van der Waals surface area contributed by atoms with Gasteiger partial charge in [0.05, 0.1) is 6.04 Å². The number of hydrogen-bond acceptors (Lipinski definition) is 4. The lowest BCUT2D eigenvalue weighted by Crippen LogP contribution is -2.39. The second-order valence-electron chi connectivity index (χ2n) is 6.37. The number of carbonyl (C=O) groups excluding carboxylic acids is 1. The summed E-state index contributed by atoms with van der Waals surface area (Å²) in [6.45, 7) is 3.87. The van der Waals surface area contributed by atoms with Gasteiger partial charge in [-0.3, -0.25) is 4.79 Å². The maximum atomic E-state index is 12.6. The van der Waals surface area contributed by atoms with Gasteiger partial charge in [0.1, 0.15) is 10.7 Å². The van der Waals surface area contributed by atoms with Crippen LogP contribution < -0.4 is 5.73 Å². The second kappa shape index (κ2) is 7.23. The van der Waals surface area contributed by atoms with Crippen molar-refractivity contribution >= 4 is 17.2 Å². The number of thiazole rings is 1. The summed E-state index contributed by atoms with van der Waals surface area (Å²) in [5.41, 5.74) is 8.00. The van der Waals surface area contributed by atoms with Crippen LogP contribution in [0.2, 0.25) is 0 Å². The number of aromatic nitrogens is 1. The number of rotatable bonds is 4. The molecule has 122 valence electrons. The second-order valence-corrected chi connectivity index (χ2v) is 7.26. The molecule has 0 bridgehead atoms. The first-order valence-electron chi connectivity index (χ1n) is 8.17. The van der Waals surface area contributed by atoms with Crippen molar-refractivity contribution in [1.29, 1.82) is 0 Å². The zero-order chi connectivity index (χ0) is 16.2. The van der Waals surface area contributed by atoms with Crippen molar-refractivity contribution in [2.45, 2.75) is 32.2 Å². The lowest BCUT2D eigenvalue weighted by Gasteiger charge is -2.30. The third kappa shape index (κ3) is 3.98. The molecular formula is C18H23N3OS. The molecule has 1 amide bonds. The van der Waals surface area contributed by atoms with Gasteiger partial charge < -0.3 is 10.6 Å². The standard InChI is InChI=1S/C18H23N3OS/c1-13-6-5-9-21(11-13)18(22)16-12-23-17(20-16)15(19)10-14-7-3-2-4-8-14/h2-4,7-8,12-13,15H,5-6,9-11,19H2,1H3. The number of benzene rings is 1. The fourth-order valence-corrected chi connectivity index (χ4v) is 3.84. The molecule has 2 unspecified atom stereocenters. The van der Waals surface area contributed by atoms with Crippen LogP contribution in [0.1, 0.15) is 46.9 Å². The molecule has 2 atom stereocenters. The Hall–Kier alpha value is -1.72. The third-order valence-corrected chi connectivity index (χ3v) is 5.28. The molecule has 1 aromatic carbocycles. The van der Waals surface area contributed by atoms with Crippen LogP contribution in [-0.2, 0) is 6.42 Å². The largest absolute Gasteiger partial charge is 0.337 e. The molecule has 4 nitrogen and oxygen atoms in total. The molecule has 1 aliphatic heterocycles. The van der Waals surface area contributed by atoms with Crippen LogP contribution in [0.4, 0.5) is 0 Å². The van der Waals surface area contributed by atoms with Gasteiger partial charge in [0.2, 0.25) is 0 Å². The fraction of sp³-hybridized carbons (Fsp3) is 0.444. The summed E-state index contributed by atoms with van der Waals surface area (Å²) in [4.78, 5) is 19.0.